The van der Waals surface area contributed by atoms with E-state index in [0.717, 1.165) is 11.4 Å². The van der Waals surface area contributed by atoms with Crippen LogP contribution >= 0.6 is 0 Å². The Morgan fingerprint density at radius 3 is 2.48 bits per heavy atom. The molecule has 0 radical (unpaired) electrons. The van der Waals surface area contributed by atoms with Gasteiger partial charge < -0.3 is 15.2 Å². The summed E-state index contributed by atoms with van der Waals surface area (Å²) in [5.74, 6) is -0.553. The summed E-state index contributed by atoms with van der Waals surface area (Å²) in [4.78, 5) is 23.4. The number of ether oxygens (including phenoxy) is 1. The minimum atomic E-state index is -0.900. The highest BCUT2D eigenvalue weighted by Gasteiger charge is 2.27. The fourth-order valence-electron chi connectivity index (χ4n) is 2.19. The minimum absolute atomic E-state index is 0.212. The van der Waals surface area contributed by atoms with Crippen LogP contribution in [0.25, 0.3) is 5.69 Å². The third-order valence-corrected chi connectivity index (χ3v) is 4.04. The topological polar surface area (TPSA) is 106 Å². The number of hydrogen-bond donors (Lipinski definition) is 2. The molecule has 0 fully saturated rings. The van der Waals surface area contributed by atoms with E-state index < -0.39 is 11.4 Å². The van der Waals surface area contributed by atoms with Crippen molar-refractivity contribution in [2.24, 2.45) is 5.41 Å². The number of carbonyl (C=O) groups is 2. The van der Waals surface area contributed by atoms with Gasteiger partial charge in [0.25, 0.3) is 5.91 Å². The Kier molecular flexibility index (Phi) is 5.41. The van der Waals surface area contributed by atoms with Crippen LogP contribution < -0.4 is 10.1 Å². The molecule has 8 heteroatoms. The number of nitrogens with one attached hydrogen (secondary N) is 1. The van der Waals surface area contributed by atoms with Crippen molar-refractivity contribution in [3.05, 3.63) is 35.7 Å². The van der Waals surface area contributed by atoms with Gasteiger partial charge in [-0.1, -0.05) is 5.21 Å². The van der Waals surface area contributed by atoms with Crippen molar-refractivity contribution < 1.29 is 19.4 Å². The lowest BCUT2D eigenvalue weighted by Gasteiger charge is -2.18. The van der Waals surface area contributed by atoms with Gasteiger partial charge in [0.05, 0.1) is 23.9 Å². The fourth-order valence-corrected chi connectivity index (χ4v) is 2.19. The third-order valence-electron chi connectivity index (χ3n) is 4.04. The highest BCUT2D eigenvalue weighted by Crippen LogP contribution is 2.20. The second-order valence-electron chi connectivity index (χ2n) is 6.33. The number of amides is 1. The van der Waals surface area contributed by atoms with Crippen molar-refractivity contribution in [3.63, 3.8) is 0 Å². The van der Waals surface area contributed by atoms with Gasteiger partial charge >= 0.3 is 5.97 Å². The van der Waals surface area contributed by atoms with Gasteiger partial charge in [0.15, 0.2) is 5.69 Å². The molecule has 0 unspecified atom stereocenters. The molecule has 0 atom stereocenters. The predicted octanol–water partition coefficient (Wildman–Crippen LogP) is 1.82. The molecule has 0 spiro atoms. The molecule has 2 aromatic rings. The van der Waals surface area contributed by atoms with Crippen LogP contribution in [0, 0.1) is 12.3 Å². The zero-order valence-corrected chi connectivity index (χ0v) is 14.7. The summed E-state index contributed by atoms with van der Waals surface area (Å²) in [5.41, 5.74) is 0.671. The highest BCUT2D eigenvalue weighted by atomic mass is 16.5. The van der Waals surface area contributed by atoms with Crippen LogP contribution in [-0.4, -0.2) is 45.6 Å². The zero-order chi connectivity index (χ0) is 18.6. The van der Waals surface area contributed by atoms with E-state index in [2.05, 4.69) is 15.6 Å². The summed E-state index contributed by atoms with van der Waals surface area (Å²) in [5, 5.41) is 19.7. The molecule has 0 aliphatic carbocycles. The van der Waals surface area contributed by atoms with E-state index >= 15 is 0 Å². The van der Waals surface area contributed by atoms with Gasteiger partial charge in [0.1, 0.15) is 5.75 Å². The first-order valence-corrected chi connectivity index (χ1v) is 7.84. The number of carboxylic acids is 1. The van der Waals surface area contributed by atoms with Gasteiger partial charge in [-0.2, -0.15) is 0 Å². The van der Waals surface area contributed by atoms with E-state index in [9.17, 15) is 9.59 Å². The molecule has 8 nitrogen and oxygen atoms in total. The highest BCUT2D eigenvalue weighted by molar-refractivity contribution is 5.93. The van der Waals surface area contributed by atoms with Crippen LogP contribution in [0.3, 0.4) is 0 Å². The molecule has 1 aromatic heterocycles. The normalized spacial score (nSPS) is 11.2. The summed E-state index contributed by atoms with van der Waals surface area (Å²) < 4.78 is 6.68. The Labute approximate surface area is 145 Å². The van der Waals surface area contributed by atoms with Crippen molar-refractivity contribution in [1.82, 2.24) is 20.3 Å². The molecule has 1 heterocycles. The van der Waals surface area contributed by atoms with Gasteiger partial charge in [-0.3, -0.25) is 9.59 Å². The van der Waals surface area contributed by atoms with Crippen LogP contribution in [0.2, 0.25) is 0 Å². The van der Waals surface area contributed by atoms with E-state index in [0.29, 0.717) is 12.1 Å². The van der Waals surface area contributed by atoms with Crippen LogP contribution in [0.5, 0.6) is 5.75 Å². The van der Waals surface area contributed by atoms with E-state index in [1.54, 1.807) is 44.7 Å². The summed E-state index contributed by atoms with van der Waals surface area (Å²) in [7, 11) is 1.59. The average molecular weight is 346 g/mol. The Morgan fingerprint density at radius 2 is 1.92 bits per heavy atom. The molecule has 2 rings (SSSR count). The number of aromatic nitrogens is 3. The predicted molar refractivity (Wildman–Crippen MR) is 91.0 cm³/mol. The van der Waals surface area contributed by atoms with Gasteiger partial charge in [0.2, 0.25) is 0 Å². The maximum Gasteiger partial charge on any atom is 0.309 e. The summed E-state index contributed by atoms with van der Waals surface area (Å²) >= 11 is 0. The molecule has 0 aliphatic heterocycles. The SMILES string of the molecule is COc1ccc(-n2nnc(C(=O)NCCC(C)(C)C(=O)O)c2C)cc1. The van der Waals surface area contributed by atoms with E-state index in [-0.39, 0.29) is 18.1 Å². The van der Waals surface area contributed by atoms with E-state index in [1.165, 1.54) is 0 Å². The molecule has 2 N–H and O–H groups in total. The van der Waals surface area contributed by atoms with Crippen molar-refractivity contribution in [3.8, 4) is 11.4 Å². The maximum absolute atomic E-state index is 12.3. The summed E-state index contributed by atoms with van der Waals surface area (Å²) in [6.45, 7) is 5.23. The van der Waals surface area contributed by atoms with Gasteiger partial charge in [-0.05, 0) is 51.5 Å². The van der Waals surface area contributed by atoms with E-state index in [4.69, 9.17) is 9.84 Å². The molecule has 0 aliphatic rings. The molecule has 25 heavy (non-hydrogen) atoms. The quantitative estimate of drug-likeness (QED) is 0.792. The van der Waals surface area contributed by atoms with Crippen LogP contribution in [0.15, 0.2) is 24.3 Å². The number of carbonyl (C=O) groups excluding carboxylic acids is 1. The summed E-state index contributed by atoms with van der Waals surface area (Å²) in [6, 6.07) is 7.23. The first-order chi connectivity index (χ1) is 11.8. The smallest absolute Gasteiger partial charge is 0.309 e. The molecule has 0 bridgehead atoms. The number of carboxylic acid groups (broad SMARTS) is 1. The monoisotopic (exact) mass is 346 g/mol. The number of methoxy groups -OCH3 is 1. The number of rotatable bonds is 7. The minimum Gasteiger partial charge on any atom is -0.497 e. The largest absolute Gasteiger partial charge is 0.497 e. The second kappa shape index (κ2) is 7.33. The molecular formula is C17H22N4O4. The first-order valence-electron chi connectivity index (χ1n) is 7.84. The number of aliphatic carboxylic acids is 1. The molecule has 1 amide bonds. The molecule has 1 aromatic carbocycles. The Balaban J connectivity index is 2.06. The van der Waals surface area contributed by atoms with Crippen LogP contribution in [-0.2, 0) is 4.79 Å². The van der Waals surface area contributed by atoms with E-state index in [1.807, 2.05) is 12.1 Å². The summed E-state index contributed by atoms with van der Waals surface area (Å²) in [6.07, 6.45) is 0.319. The fraction of sp³-hybridized carbons (Fsp3) is 0.412. The van der Waals surface area contributed by atoms with Crippen LogP contribution in [0.1, 0.15) is 36.5 Å². The van der Waals surface area contributed by atoms with Crippen LogP contribution in [0.4, 0.5) is 0 Å². The number of hydrogen-bond acceptors (Lipinski definition) is 5. The third kappa shape index (κ3) is 4.14. The average Bonchev–Trinajstić information content (AvgIpc) is 2.96. The van der Waals surface area contributed by atoms with Crippen molar-refractivity contribution >= 4 is 11.9 Å². The van der Waals surface area contributed by atoms with Gasteiger partial charge in [-0.15, -0.1) is 5.10 Å². The second-order valence-corrected chi connectivity index (χ2v) is 6.33. The Bertz CT molecular complexity index is 765. The van der Waals surface area contributed by atoms with Crippen molar-refractivity contribution in [1.29, 1.82) is 0 Å². The molecule has 0 saturated carbocycles. The zero-order valence-electron chi connectivity index (χ0n) is 14.7. The van der Waals surface area contributed by atoms with Crippen molar-refractivity contribution in [2.45, 2.75) is 27.2 Å². The Hall–Kier alpha value is -2.90. The lowest BCUT2D eigenvalue weighted by atomic mass is 9.90. The molecule has 0 saturated heterocycles. The van der Waals surface area contributed by atoms with Crippen molar-refractivity contribution in [2.75, 3.05) is 13.7 Å². The number of benzene rings is 1. The van der Waals surface area contributed by atoms with Gasteiger partial charge in [0, 0.05) is 6.54 Å². The lowest BCUT2D eigenvalue weighted by Crippen LogP contribution is -2.32. The Morgan fingerprint density at radius 1 is 1.28 bits per heavy atom. The molecule has 134 valence electrons. The first kappa shape index (κ1) is 18.4. The lowest BCUT2D eigenvalue weighted by molar-refractivity contribution is -0.147. The maximum atomic E-state index is 12.3. The van der Waals surface area contributed by atoms with Gasteiger partial charge in [-0.25, -0.2) is 4.68 Å². The number of nitrogens with zero attached hydrogens (tertiary/aromatic N) is 3. The molecular weight excluding hydrogens is 324 g/mol. The standard InChI is InChI=1S/C17H22N4O4/c1-11-14(15(22)18-10-9-17(2,3)16(23)24)19-20-21(11)12-5-7-13(25-4)8-6-12/h5-8H,9-10H2,1-4H3,(H,18,22)(H,23,24).